The maximum atomic E-state index is 13.8. The largest absolute Gasteiger partial charge is 0.484 e. The molecular weight excluding hydrogens is 481 g/mol. The number of carbonyl (C=O) groups excluding carboxylic acids is 2. The number of aliphatic hydroxyl groups excluding tert-OH is 1. The van der Waals surface area contributed by atoms with Crippen LogP contribution in [0.1, 0.15) is 6.42 Å². The zero-order valence-corrected chi connectivity index (χ0v) is 18.8. The van der Waals surface area contributed by atoms with Gasteiger partial charge in [-0.1, -0.05) is 0 Å². The lowest BCUT2D eigenvalue weighted by Crippen LogP contribution is -2.37. The van der Waals surface area contributed by atoms with Crippen molar-refractivity contribution in [1.82, 2.24) is 10.6 Å². The van der Waals surface area contributed by atoms with Gasteiger partial charge in [0.05, 0.1) is 6.10 Å². The van der Waals surface area contributed by atoms with Crippen LogP contribution in [0.2, 0.25) is 0 Å². The van der Waals surface area contributed by atoms with Crippen LogP contribution in [0.4, 0.5) is 13.2 Å². The number of amides is 2. The molecule has 3 N–H and O–H groups in total. The molecule has 2 rings (SSSR count). The Morgan fingerprint density at radius 2 is 1.47 bits per heavy atom. The minimum Gasteiger partial charge on any atom is -0.484 e. The van der Waals surface area contributed by atoms with Crippen molar-refractivity contribution >= 4 is 21.7 Å². The highest BCUT2D eigenvalue weighted by atomic mass is 32.2. The summed E-state index contributed by atoms with van der Waals surface area (Å²) in [5, 5.41) is 14.7. The maximum absolute atomic E-state index is 13.8. The van der Waals surface area contributed by atoms with Gasteiger partial charge in [-0.05, 0) is 30.7 Å². The summed E-state index contributed by atoms with van der Waals surface area (Å²) < 4.78 is 72.6. The number of carbonyl (C=O) groups is 2. The molecule has 0 unspecified atom stereocenters. The van der Waals surface area contributed by atoms with Crippen molar-refractivity contribution in [2.45, 2.75) is 17.4 Å². The second-order valence-corrected chi connectivity index (χ2v) is 9.10. The number of sulfone groups is 1. The van der Waals surface area contributed by atoms with Gasteiger partial charge in [-0.3, -0.25) is 9.59 Å². The van der Waals surface area contributed by atoms with E-state index in [1.54, 1.807) is 0 Å². The predicted molar refractivity (Wildman–Crippen MR) is 114 cm³/mol. The number of halogens is 3. The summed E-state index contributed by atoms with van der Waals surface area (Å²) in [6, 6.07) is 5.92. The van der Waals surface area contributed by atoms with Crippen molar-refractivity contribution < 1.29 is 45.8 Å². The Hall–Kier alpha value is -3.32. The van der Waals surface area contributed by atoms with E-state index in [9.17, 15) is 36.3 Å². The zero-order chi connectivity index (χ0) is 25.3. The molecule has 0 heterocycles. The molecule has 0 radical (unpaired) electrons. The Labute approximate surface area is 193 Å². The molecule has 1 atom stereocenters. The van der Waals surface area contributed by atoms with Crippen LogP contribution in [0.25, 0.3) is 0 Å². The molecule has 186 valence electrons. The van der Waals surface area contributed by atoms with Gasteiger partial charge < -0.3 is 25.2 Å². The van der Waals surface area contributed by atoms with Crippen LogP contribution in [0.5, 0.6) is 11.5 Å². The fraction of sp³-hybridized carbons (Fsp3) is 0.333. The van der Waals surface area contributed by atoms with Gasteiger partial charge in [-0.2, -0.15) is 0 Å². The van der Waals surface area contributed by atoms with E-state index in [0.29, 0.717) is 0 Å². The van der Waals surface area contributed by atoms with Crippen LogP contribution < -0.4 is 20.1 Å². The van der Waals surface area contributed by atoms with Crippen molar-refractivity contribution in [3.8, 4) is 11.5 Å². The van der Waals surface area contributed by atoms with Crippen LogP contribution in [-0.2, 0) is 19.4 Å². The van der Waals surface area contributed by atoms with Gasteiger partial charge >= 0.3 is 0 Å². The molecule has 0 fully saturated rings. The van der Waals surface area contributed by atoms with Gasteiger partial charge in [0.15, 0.2) is 34.7 Å². The molecule has 2 amide bonds. The molecule has 0 aliphatic heterocycles. The normalized spacial score (nSPS) is 12.0. The van der Waals surface area contributed by atoms with E-state index in [-0.39, 0.29) is 31.0 Å². The van der Waals surface area contributed by atoms with E-state index in [0.717, 1.165) is 36.6 Å². The number of benzene rings is 2. The van der Waals surface area contributed by atoms with Crippen LogP contribution in [0.3, 0.4) is 0 Å². The third kappa shape index (κ3) is 8.90. The summed E-state index contributed by atoms with van der Waals surface area (Å²) in [7, 11) is -3.72. The fourth-order valence-electron chi connectivity index (χ4n) is 2.55. The standard InChI is InChI=1S/C21H23F3N2O7S/c1-34(30,31)19-5-3-15(9-18(19)24)32-11-20(28)25-7-6-13(27)10-26-21(29)12-33-14-2-4-16(22)17(23)8-14/h2-5,8-9,13,27H,6-7,10-12H2,1H3,(H,25,28)(H,26,29)/t13-/m0/s1. The van der Waals surface area contributed by atoms with Crippen molar-refractivity contribution in [3.05, 3.63) is 53.8 Å². The average molecular weight is 504 g/mol. The topological polar surface area (TPSA) is 131 Å². The minimum atomic E-state index is -3.72. The van der Waals surface area contributed by atoms with Crippen LogP contribution in [0, 0.1) is 17.5 Å². The molecule has 0 saturated carbocycles. The summed E-state index contributed by atoms with van der Waals surface area (Å²) in [4.78, 5) is 23.0. The molecule has 0 bridgehead atoms. The van der Waals surface area contributed by atoms with Crippen LogP contribution in [0.15, 0.2) is 41.3 Å². The number of hydrogen-bond acceptors (Lipinski definition) is 7. The van der Waals surface area contributed by atoms with E-state index >= 15 is 0 Å². The maximum Gasteiger partial charge on any atom is 0.258 e. The average Bonchev–Trinajstić information content (AvgIpc) is 2.76. The molecule has 0 aliphatic rings. The third-order valence-corrected chi connectivity index (χ3v) is 5.40. The van der Waals surface area contributed by atoms with Crippen molar-refractivity contribution in [1.29, 1.82) is 0 Å². The van der Waals surface area contributed by atoms with Gasteiger partial charge in [0.2, 0.25) is 0 Å². The molecule has 13 heteroatoms. The molecule has 0 aromatic heterocycles. The van der Waals surface area contributed by atoms with E-state index in [1.807, 2.05) is 0 Å². The highest BCUT2D eigenvalue weighted by Crippen LogP contribution is 2.20. The smallest absolute Gasteiger partial charge is 0.258 e. The van der Waals surface area contributed by atoms with Crippen LogP contribution in [-0.4, -0.2) is 64.0 Å². The fourth-order valence-corrected chi connectivity index (χ4v) is 3.28. The molecule has 34 heavy (non-hydrogen) atoms. The lowest BCUT2D eigenvalue weighted by molar-refractivity contribution is -0.124. The number of rotatable bonds is 12. The van der Waals surface area contributed by atoms with E-state index in [4.69, 9.17) is 9.47 Å². The highest BCUT2D eigenvalue weighted by Gasteiger charge is 2.15. The van der Waals surface area contributed by atoms with Crippen molar-refractivity contribution in [2.75, 3.05) is 32.6 Å². The second-order valence-electron chi connectivity index (χ2n) is 7.11. The van der Waals surface area contributed by atoms with Gasteiger partial charge in [0.25, 0.3) is 11.8 Å². The Morgan fingerprint density at radius 3 is 2.03 bits per heavy atom. The second kappa shape index (κ2) is 12.2. The first kappa shape index (κ1) is 26.9. The monoisotopic (exact) mass is 504 g/mol. The Balaban J connectivity index is 1.62. The SMILES string of the molecule is CS(=O)(=O)c1ccc(OCC(=O)NCC[C@H](O)CNC(=O)COc2ccc(F)c(F)c2)cc1F. The van der Waals surface area contributed by atoms with Gasteiger partial charge in [-0.15, -0.1) is 0 Å². The lowest BCUT2D eigenvalue weighted by Gasteiger charge is -2.13. The number of nitrogens with one attached hydrogen (secondary N) is 2. The van der Waals surface area contributed by atoms with Crippen molar-refractivity contribution in [3.63, 3.8) is 0 Å². The highest BCUT2D eigenvalue weighted by molar-refractivity contribution is 7.90. The Kier molecular flexibility index (Phi) is 9.69. The van der Waals surface area contributed by atoms with E-state index in [2.05, 4.69) is 10.6 Å². The van der Waals surface area contributed by atoms with E-state index < -0.39 is 63.3 Å². The molecule has 0 saturated heterocycles. The Bertz CT molecular complexity index is 1130. The summed E-state index contributed by atoms with van der Waals surface area (Å²) in [6.45, 7) is -1.03. The molecule has 0 aliphatic carbocycles. The van der Waals surface area contributed by atoms with Gasteiger partial charge in [0.1, 0.15) is 22.2 Å². The Morgan fingerprint density at radius 1 is 0.912 bits per heavy atom. The first-order valence-corrected chi connectivity index (χ1v) is 11.8. The molecule has 0 spiro atoms. The van der Waals surface area contributed by atoms with Gasteiger partial charge in [-0.25, -0.2) is 21.6 Å². The first-order valence-electron chi connectivity index (χ1n) is 9.87. The number of aliphatic hydroxyl groups is 1. The molecule has 2 aromatic rings. The first-order chi connectivity index (χ1) is 16.0. The molecular formula is C21H23F3N2O7S. The van der Waals surface area contributed by atoms with Gasteiger partial charge in [0, 0.05) is 31.5 Å². The number of hydrogen-bond donors (Lipinski definition) is 3. The van der Waals surface area contributed by atoms with Crippen molar-refractivity contribution in [2.24, 2.45) is 0 Å². The third-order valence-electron chi connectivity index (χ3n) is 4.27. The van der Waals surface area contributed by atoms with E-state index in [1.165, 1.54) is 6.07 Å². The summed E-state index contributed by atoms with van der Waals surface area (Å²) >= 11 is 0. The zero-order valence-electron chi connectivity index (χ0n) is 18.0. The quantitative estimate of drug-likeness (QED) is 0.392. The lowest BCUT2D eigenvalue weighted by atomic mass is 10.2. The van der Waals surface area contributed by atoms with Crippen LogP contribution >= 0.6 is 0 Å². The number of ether oxygens (including phenoxy) is 2. The summed E-state index contributed by atoms with van der Waals surface area (Å²) in [6.07, 6.45) is -0.0390. The summed E-state index contributed by atoms with van der Waals surface area (Å²) in [5.74, 6) is -4.39. The molecule has 9 nitrogen and oxygen atoms in total. The summed E-state index contributed by atoms with van der Waals surface area (Å²) in [5.41, 5.74) is 0. The molecule has 2 aromatic carbocycles. The predicted octanol–water partition coefficient (Wildman–Crippen LogP) is 0.949. The minimum absolute atomic E-state index is 0.0337.